The smallest absolute Gasteiger partial charge is 0.123 e. The second-order valence-corrected chi connectivity index (χ2v) is 4.70. The first-order valence-corrected chi connectivity index (χ1v) is 6.51. The third-order valence-corrected chi connectivity index (χ3v) is 3.45. The third kappa shape index (κ3) is 2.84. The summed E-state index contributed by atoms with van der Waals surface area (Å²) in [6.07, 6.45) is 2.55. The molecule has 1 aromatic carbocycles. The predicted molar refractivity (Wildman–Crippen MR) is 72.6 cm³/mol. The molecule has 1 saturated heterocycles. The summed E-state index contributed by atoms with van der Waals surface area (Å²) in [7, 11) is 0. The van der Waals surface area contributed by atoms with Gasteiger partial charge in [0, 0.05) is 36.6 Å². The van der Waals surface area contributed by atoms with Crippen molar-refractivity contribution in [3.8, 4) is 5.75 Å². The maximum Gasteiger partial charge on any atom is 0.123 e. The molecule has 1 fully saturated rings. The van der Waals surface area contributed by atoms with Crippen molar-refractivity contribution in [2.75, 3.05) is 30.3 Å². The van der Waals surface area contributed by atoms with Gasteiger partial charge in [-0.2, -0.15) is 0 Å². The van der Waals surface area contributed by atoms with Crippen molar-refractivity contribution in [3.05, 3.63) is 18.2 Å². The molecule has 3 heteroatoms. The lowest BCUT2D eigenvalue weighted by Gasteiger charge is -2.20. The van der Waals surface area contributed by atoms with Crippen molar-refractivity contribution < 1.29 is 4.74 Å². The molecule has 94 valence electrons. The van der Waals surface area contributed by atoms with Crippen LogP contribution in [0, 0.1) is 5.92 Å². The van der Waals surface area contributed by atoms with Crippen LogP contribution >= 0.6 is 0 Å². The molecule has 0 spiro atoms. The Morgan fingerprint density at radius 1 is 1.35 bits per heavy atom. The lowest BCUT2D eigenvalue weighted by Crippen LogP contribution is -2.19. The number of rotatable bonds is 4. The molecule has 0 radical (unpaired) electrons. The van der Waals surface area contributed by atoms with E-state index < -0.39 is 0 Å². The molecule has 0 saturated carbocycles. The highest BCUT2D eigenvalue weighted by molar-refractivity contribution is 5.61. The average molecular weight is 234 g/mol. The number of anilines is 2. The van der Waals surface area contributed by atoms with E-state index in [1.165, 1.54) is 18.5 Å². The Balaban J connectivity index is 2.15. The van der Waals surface area contributed by atoms with E-state index in [0.29, 0.717) is 6.61 Å². The maximum absolute atomic E-state index is 5.92. The van der Waals surface area contributed by atoms with Gasteiger partial charge in [-0.1, -0.05) is 13.3 Å². The van der Waals surface area contributed by atoms with E-state index in [0.717, 1.165) is 30.4 Å². The SMILES string of the molecule is CCOc1cc(N)cc(N2CCC(CC)C2)c1. The van der Waals surface area contributed by atoms with Gasteiger partial charge in [0.05, 0.1) is 6.61 Å². The van der Waals surface area contributed by atoms with Gasteiger partial charge in [-0.25, -0.2) is 0 Å². The van der Waals surface area contributed by atoms with Crippen LogP contribution in [0.3, 0.4) is 0 Å². The van der Waals surface area contributed by atoms with Crippen molar-refractivity contribution in [1.82, 2.24) is 0 Å². The molecule has 1 aliphatic rings. The molecular weight excluding hydrogens is 212 g/mol. The molecule has 1 unspecified atom stereocenters. The van der Waals surface area contributed by atoms with E-state index >= 15 is 0 Å². The highest BCUT2D eigenvalue weighted by Crippen LogP contribution is 2.30. The minimum atomic E-state index is 0.681. The van der Waals surface area contributed by atoms with Crippen molar-refractivity contribution in [2.24, 2.45) is 5.92 Å². The van der Waals surface area contributed by atoms with Crippen molar-refractivity contribution in [3.63, 3.8) is 0 Å². The first kappa shape index (κ1) is 12.1. The second-order valence-electron chi connectivity index (χ2n) is 4.70. The summed E-state index contributed by atoms with van der Waals surface area (Å²) in [6, 6.07) is 6.03. The van der Waals surface area contributed by atoms with Gasteiger partial charge >= 0.3 is 0 Å². The molecule has 0 bridgehead atoms. The molecule has 0 aromatic heterocycles. The van der Waals surface area contributed by atoms with Gasteiger partial charge < -0.3 is 15.4 Å². The Morgan fingerprint density at radius 3 is 2.82 bits per heavy atom. The van der Waals surface area contributed by atoms with Gasteiger partial charge in [0.1, 0.15) is 5.75 Å². The Labute approximate surface area is 104 Å². The maximum atomic E-state index is 5.92. The van der Waals surface area contributed by atoms with Crippen molar-refractivity contribution in [1.29, 1.82) is 0 Å². The molecule has 2 rings (SSSR count). The van der Waals surface area contributed by atoms with Crippen LogP contribution in [0.25, 0.3) is 0 Å². The van der Waals surface area contributed by atoms with Crippen LogP contribution in [0.2, 0.25) is 0 Å². The predicted octanol–water partition coefficient (Wildman–Crippen LogP) is 2.90. The fourth-order valence-corrected chi connectivity index (χ4v) is 2.44. The molecule has 1 atom stereocenters. The number of ether oxygens (including phenoxy) is 1. The summed E-state index contributed by atoms with van der Waals surface area (Å²) in [6.45, 7) is 7.21. The van der Waals surface area contributed by atoms with Crippen LogP contribution in [0.5, 0.6) is 5.75 Å². The number of benzene rings is 1. The summed E-state index contributed by atoms with van der Waals surface area (Å²) >= 11 is 0. The zero-order chi connectivity index (χ0) is 12.3. The van der Waals surface area contributed by atoms with E-state index in [1.54, 1.807) is 0 Å². The average Bonchev–Trinajstić information content (AvgIpc) is 2.77. The molecule has 0 amide bonds. The Hall–Kier alpha value is -1.38. The van der Waals surface area contributed by atoms with E-state index in [1.807, 2.05) is 19.1 Å². The molecule has 0 aliphatic carbocycles. The number of hydrogen-bond acceptors (Lipinski definition) is 3. The van der Waals surface area contributed by atoms with Crippen LogP contribution in [0.4, 0.5) is 11.4 Å². The van der Waals surface area contributed by atoms with Gasteiger partial charge in [-0.05, 0) is 25.3 Å². The zero-order valence-electron chi connectivity index (χ0n) is 10.8. The van der Waals surface area contributed by atoms with E-state index in [-0.39, 0.29) is 0 Å². The zero-order valence-corrected chi connectivity index (χ0v) is 10.8. The first-order valence-electron chi connectivity index (χ1n) is 6.51. The summed E-state index contributed by atoms with van der Waals surface area (Å²) in [5, 5.41) is 0. The highest BCUT2D eigenvalue weighted by atomic mass is 16.5. The third-order valence-electron chi connectivity index (χ3n) is 3.45. The molecule has 3 nitrogen and oxygen atoms in total. The molecule has 17 heavy (non-hydrogen) atoms. The van der Waals surface area contributed by atoms with Crippen molar-refractivity contribution in [2.45, 2.75) is 26.7 Å². The Kier molecular flexibility index (Phi) is 3.77. The van der Waals surface area contributed by atoms with Gasteiger partial charge in [0.25, 0.3) is 0 Å². The molecule has 1 aromatic rings. The van der Waals surface area contributed by atoms with E-state index in [2.05, 4.69) is 17.9 Å². The Morgan fingerprint density at radius 2 is 2.18 bits per heavy atom. The monoisotopic (exact) mass is 234 g/mol. The number of hydrogen-bond donors (Lipinski definition) is 1. The van der Waals surface area contributed by atoms with Crippen LogP contribution in [-0.4, -0.2) is 19.7 Å². The standard InChI is InChI=1S/C14H22N2O/c1-3-11-5-6-16(10-11)13-7-12(15)8-14(9-13)17-4-2/h7-9,11H,3-6,10,15H2,1-2H3. The fraction of sp³-hybridized carbons (Fsp3) is 0.571. The quantitative estimate of drug-likeness (QED) is 0.814. The minimum absolute atomic E-state index is 0.681. The summed E-state index contributed by atoms with van der Waals surface area (Å²) in [4.78, 5) is 2.41. The second kappa shape index (κ2) is 5.30. The number of nitrogen functional groups attached to an aromatic ring is 1. The number of nitrogens with zero attached hydrogens (tertiary/aromatic N) is 1. The molecule has 1 heterocycles. The molecular formula is C14H22N2O. The van der Waals surface area contributed by atoms with Crippen LogP contribution < -0.4 is 15.4 Å². The normalized spacial score (nSPS) is 19.6. The molecule has 1 aliphatic heterocycles. The lowest BCUT2D eigenvalue weighted by atomic mass is 10.1. The largest absolute Gasteiger partial charge is 0.494 e. The van der Waals surface area contributed by atoms with Gasteiger partial charge in [-0.15, -0.1) is 0 Å². The van der Waals surface area contributed by atoms with Crippen molar-refractivity contribution >= 4 is 11.4 Å². The fourth-order valence-electron chi connectivity index (χ4n) is 2.44. The topological polar surface area (TPSA) is 38.5 Å². The minimum Gasteiger partial charge on any atom is -0.494 e. The van der Waals surface area contributed by atoms with Crippen LogP contribution in [0.15, 0.2) is 18.2 Å². The molecule has 2 N–H and O–H groups in total. The number of nitrogens with two attached hydrogens (primary N) is 1. The van der Waals surface area contributed by atoms with Gasteiger partial charge in [-0.3, -0.25) is 0 Å². The van der Waals surface area contributed by atoms with Crippen LogP contribution in [-0.2, 0) is 0 Å². The Bertz CT molecular complexity index is 378. The summed E-state index contributed by atoms with van der Waals surface area (Å²) in [5.41, 5.74) is 7.90. The van der Waals surface area contributed by atoms with Gasteiger partial charge in [0.2, 0.25) is 0 Å². The van der Waals surface area contributed by atoms with Gasteiger partial charge in [0.15, 0.2) is 0 Å². The van der Waals surface area contributed by atoms with E-state index in [4.69, 9.17) is 10.5 Å². The summed E-state index contributed by atoms with van der Waals surface area (Å²) in [5.74, 6) is 1.70. The lowest BCUT2D eigenvalue weighted by molar-refractivity contribution is 0.340. The highest BCUT2D eigenvalue weighted by Gasteiger charge is 2.21. The van der Waals surface area contributed by atoms with Crippen LogP contribution in [0.1, 0.15) is 26.7 Å². The van der Waals surface area contributed by atoms with E-state index in [9.17, 15) is 0 Å². The first-order chi connectivity index (χ1) is 8.22. The summed E-state index contributed by atoms with van der Waals surface area (Å²) < 4.78 is 5.53.